The first-order valence-electron chi connectivity index (χ1n) is 6.26. The van der Waals surface area contributed by atoms with Crippen LogP contribution in [0.5, 0.6) is 0 Å². The standard InChI is InChI=1S/C14H19N3O2/c1-3-11(2)9-13(18)16-7-8-17-14(19)12-5-4-6-15-10-12/h4-6,9-10H,3,7-8H2,1-2H3,(H,16,18)(H,17,19)/b11-9+. The molecule has 1 rings (SSSR count). The average Bonchev–Trinajstić information content (AvgIpc) is 2.44. The Hall–Kier alpha value is -2.17. The van der Waals surface area contributed by atoms with Crippen LogP contribution < -0.4 is 10.6 Å². The van der Waals surface area contributed by atoms with Gasteiger partial charge in [0.05, 0.1) is 5.56 Å². The molecule has 0 saturated heterocycles. The minimum absolute atomic E-state index is 0.130. The number of rotatable bonds is 6. The maximum absolute atomic E-state index is 11.6. The SMILES string of the molecule is CC/C(C)=C/C(=O)NCCNC(=O)c1cccnc1. The molecule has 0 aliphatic rings. The second kappa shape index (κ2) is 8.02. The van der Waals surface area contributed by atoms with Gasteiger partial charge >= 0.3 is 0 Å². The zero-order valence-electron chi connectivity index (χ0n) is 11.3. The predicted molar refractivity (Wildman–Crippen MR) is 73.6 cm³/mol. The van der Waals surface area contributed by atoms with E-state index in [2.05, 4.69) is 15.6 Å². The maximum Gasteiger partial charge on any atom is 0.252 e. The van der Waals surface area contributed by atoms with E-state index in [1.807, 2.05) is 13.8 Å². The number of allylic oxidation sites excluding steroid dienone is 1. The molecule has 2 amide bonds. The predicted octanol–water partition coefficient (Wildman–Crippen LogP) is 1.28. The maximum atomic E-state index is 11.6. The Bertz CT molecular complexity index is 455. The van der Waals surface area contributed by atoms with Gasteiger partial charge in [0, 0.05) is 31.6 Å². The molecule has 0 spiro atoms. The highest BCUT2D eigenvalue weighted by molar-refractivity contribution is 5.93. The van der Waals surface area contributed by atoms with Gasteiger partial charge in [0.15, 0.2) is 0 Å². The van der Waals surface area contributed by atoms with E-state index in [0.717, 1.165) is 12.0 Å². The van der Waals surface area contributed by atoms with Gasteiger partial charge in [-0.15, -0.1) is 0 Å². The van der Waals surface area contributed by atoms with Crippen molar-refractivity contribution < 1.29 is 9.59 Å². The van der Waals surface area contributed by atoms with Crippen molar-refractivity contribution in [2.45, 2.75) is 20.3 Å². The van der Waals surface area contributed by atoms with Crippen LogP contribution in [0.2, 0.25) is 0 Å². The minimum Gasteiger partial charge on any atom is -0.351 e. The molecule has 1 aromatic rings. The Morgan fingerprint density at radius 3 is 2.68 bits per heavy atom. The van der Waals surface area contributed by atoms with Gasteiger partial charge in [-0.05, 0) is 25.5 Å². The molecule has 2 N–H and O–H groups in total. The van der Waals surface area contributed by atoms with Crippen LogP contribution in [0.1, 0.15) is 30.6 Å². The first-order chi connectivity index (χ1) is 9.13. The van der Waals surface area contributed by atoms with E-state index < -0.39 is 0 Å². The second-order valence-corrected chi connectivity index (χ2v) is 4.13. The molecule has 1 aromatic heterocycles. The molecule has 102 valence electrons. The highest BCUT2D eigenvalue weighted by Crippen LogP contribution is 1.96. The molecule has 0 aromatic carbocycles. The molecule has 0 aliphatic heterocycles. The smallest absolute Gasteiger partial charge is 0.252 e. The number of aromatic nitrogens is 1. The van der Waals surface area contributed by atoms with Crippen molar-refractivity contribution in [3.8, 4) is 0 Å². The number of carbonyl (C=O) groups excluding carboxylic acids is 2. The third kappa shape index (κ3) is 5.81. The molecule has 0 bridgehead atoms. The van der Waals surface area contributed by atoms with Crippen molar-refractivity contribution in [2.24, 2.45) is 0 Å². The number of amides is 2. The van der Waals surface area contributed by atoms with Gasteiger partial charge in [-0.2, -0.15) is 0 Å². The molecule has 5 heteroatoms. The van der Waals surface area contributed by atoms with E-state index in [0.29, 0.717) is 18.7 Å². The summed E-state index contributed by atoms with van der Waals surface area (Å²) in [5, 5.41) is 5.42. The third-order valence-corrected chi connectivity index (χ3v) is 2.57. The fraction of sp³-hybridized carbons (Fsp3) is 0.357. The van der Waals surface area contributed by atoms with E-state index in [4.69, 9.17) is 0 Å². The Kier molecular flexibility index (Phi) is 6.29. The lowest BCUT2D eigenvalue weighted by molar-refractivity contribution is -0.116. The molecular weight excluding hydrogens is 242 g/mol. The van der Waals surface area contributed by atoms with E-state index in [9.17, 15) is 9.59 Å². The van der Waals surface area contributed by atoms with Crippen LogP contribution in [0.4, 0.5) is 0 Å². The summed E-state index contributed by atoms with van der Waals surface area (Å²) in [5.41, 5.74) is 1.53. The Morgan fingerprint density at radius 2 is 2.05 bits per heavy atom. The number of nitrogens with one attached hydrogen (secondary N) is 2. The van der Waals surface area contributed by atoms with Crippen LogP contribution in [0.25, 0.3) is 0 Å². The van der Waals surface area contributed by atoms with Gasteiger partial charge in [-0.25, -0.2) is 0 Å². The first-order valence-corrected chi connectivity index (χ1v) is 6.26. The molecule has 0 saturated carbocycles. The van der Waals surface area contributed by atoms with Crippen molar-refractivity contribution in [2.75, 3.05) is 13.1 Å². The molecule has 0 unspecified atom stereocenters. The summed E-state index contributed by atoms with van der Waals surface area (Å²) in [5.74, 6) is -0.322. The number of carbonyl (C=O) groups is 2. The van der Waals surface area contributed by atoms with Crippen LogP contribution in [-0.4, -0.2) is 29.9 Å². The van der Waals surface area contributed by atoms with Crippen LogP contribution >= 0.6 is 0 Å². The normalized spacial score (nSPS) is 10.9. The number of pyridine rings is 1. The Labute approximate surface area is 113 Å². The van der Waals surface area contributed by atoms with Crippen LogP contribution in [0, 0.1) is 0 Å². The van der Waals surface area contributed by atoms with Gasteiger partial charge in [0.2, 0.25) is 5.91 Å². The minimum atomic E-state index is -0.192. The van der Waals surface area contributed by atoms with Crippen molar-refractivity contribution >= 4 is 11.8 Å². The van der Waals surface area contributed by atoms with E-state index in [1.54, 1.807) is 24.4 Å². The monoisotopic (exact) mass is 261 g/mol. The fourth-order valence-corrected chi connectivity index (χ4v) is 1.34. The second-order valence-electron chi connectivity index (χ2n) is 4.13. The van der Waals surface area contributed by atoms with Crippen molar-refractivity contribution in [3.63, 3.8) is 0 Å². The Morgan fingerprint density at radius 1 is 1.32 bits per heavy atom. The highest BCUT2D eigenvalue weighted by Gasteiger charge is 2.03. The molecule has 0 atom stereocenters. The van der Waals surface area contributed by atoms with E-state index in [1.165, 1.54) is 6.20 Å². The zero-order valence-corrected chi connectivity index (χ0v) is 11.3. The van der Waals surface area contributed by atoms with Crippen molar-refractivity contribution in [1.82, 2.24) is 15.6 Å². The molecule has 19 heavy (non-hydrogen) atoms. The van der Waals surface area contributed by atoms with Crippen molar-refractivity contribution in [3.05, 3.63) is 41.7 Å². The summed E-state index contributed by atoms with van der Waals surface area (Å²) < 4.78 is 0. The lowest BCUT2D eigenvalue weighted by Crippen LogP contribution is -2.34. The fourth-order valence-electron chi connectivity index (χ4n) is 1.34. The van der Waals surface area contributed by atoms with Gasteiger partial charge in [0.1, 0.15) is 0 Å². The molecule has 0 radical (unpaired) electrons. The Balaban J connectivity index is 2.25. The molecule has 0 aliphatic carbocycles. The van der Waals surface area contributed by atoms with Crippen molar-refractivity contribution in [1.29, 1.82) is 0 Å². The van der Waals surface area contributed by atoms with Crippen LogP contribution in [0.15, 0.2) is 36.2 Å². The number of hydrogen-bond donors (Lipinski definition) is 2. The number of nitrogens with zero attached hydrogens (tertiary/aromatic N) is 1. The highest BCUT2D eigenvalue weighted by atomic mass is 16.2. The van der Waals surface area contributed by atoms with Gasteiger partial charge in [0.25, 0.3) is 5.91 Å². The van der Waals surface area contributed by atoms with Gasteiger partial charge in [-0.3, -0.25) is 14.6 Å². The van der Waals surface area contributed by atoms with Crippen LogP contribution in [-0.2, 0) is 4.79 Å². The van der Waals surface area contributed by atoms with Gasteiger partial charge < -0.3 is 10.6 Å². The lowest BCUT2D eigenvalue weighted by Gasteiger charge is -2.05. The summed E-state index contributed by atoms with van der Waals surface area (Å²) >= 11 is 0. The average molecular weight is 261 g/mol. The van der Waals surface area contributed by atoms with E-state index >= 15 is 0 Å². The molecule has 0 fully saturated rings. The molecular formula is C14H19N3O2. The van der Waals surface area contributed by atoms with Crippen LogP contribution in [0.3, 0.4) is 0 Å². The largest absolute Gasteiger partial charge is 0.351 e. The summed E-state index contributed by atoms with van der Waals surface area (Å²) in [4.78, 5) is 26.9. The van der Waals surface area contributed by atoms with E-state index in [-0.39, 0.29) is 11.8 Å². The molecule has 5 nitrogen and oxygen atoms in total. The quantitative estimate of drug-likeness (QED) is 0.598. The summed E-state index contributed by atoms with van der Waals surface area (Å²) in [6, 6.07) is 3.39. The summed E-state index contributed by atoms with van der Waals surface area (Å²) in [6.07, 6.45) is 5.54. The summed E-state index contributed by atoms with van der Waals surface area (Å²) in [7, 11) is 0. The third-order valence-electron chi connectivity index (χ3n) is 2.57. The first kappa shape index (κ1) is 14.9. The topological polar surface area (TPSA) is 71.1 Å². The lowest BCUT2D eigenvalue weighted by atomic mass is 10.2. The zero-order chi connectivity index (χ0) is 14.1. The summed E-state index contributed by atoms with van der Waals surface area (Å²) in [6.45, 7) is 4.69. The van der Waals surface area contributed by atoms with Gasteiger partial charge in [-0.1, -0.05) is 12.5 Å². The number of hydrogen-bond acceptors (Lipinski definition) is 3. The molecule has 1 heterocycles.